The number of ether oxygens (including phenoxy) is 3. The smallest absolute Gasteiger partial charge is 0.463 e. The van der Waals surface area contributed by atoms with Crippen molar-refractivity contribution in [2.75, 3.05) is 39.6 Å². The highest BCUT2D eigenvalue weighted by atomic mass is 31.2. The number of hydrogen-bond acceptors (Lipinski definition) is 14. The monoisotopic (exact) mass is 1370 g/mol. The summed E-state index contributed by atoms with van der Waals surface area (Å²) in [6, 6.07) is 0. The fraction of sp³-hybridized carbons (Fsp3) is 0.623. The highest BCUT2D eigenvalue weighted by Crippen LogP contribution is 2.45. The van der Waals surface area contributed by atoms with Crippen LogP contribution in [0.5, 0.6) is 0 Å². The van der Waals surface area contributed by atoms with Crippen LogP contribution in [0.3, 0.4) is 0 Å². The number of phosphoric ester groups is 2. The number of aliphatic hydroxyl groups excluding tert-OH is 2. The zero-order chi connectivity index (χ0) is 69.5. The van der Waals surface area contributed by atoms with Gasteiger partial charge in [0.2, 0.25) is 0 Å². The van der Waals surface area contributed by atoms with Gasteiger partial charge in [0.25, 0.3) is 0 Å². The minimum Gasteiger partial charge on any atom is -0.463 e. The van der Waals surface area contributed by atoms with E-state index in [0.29, 0.717) is 19.3 Å². The van der Waals surface area contributed by atoms with Crippen molar-refractivity contribution in [3.05, 3.63) is 158 Å². The number of carbonyl (C=O) groups is 3. The summed E-state index contributed by atoms with van der Waals surface area (Å²) in [6.07, 6.45) is 84.2. The van der Waals surface area contributed by atoms with Crippen LogP contribution in [0.1, 0.15) is 252 Å². The molecule has 16 nitrogen and oxygen atoms in total. The first-order chi connectivity index (χ1) is 46.2. The molecule has 0 aliphatic carbocycles. The predicted molar refractivity (Wildman–Crippen MR) is 389 cm³/mol. The number of rotatable bonds is 66. The van der Waals surface area contributed by atoms with E-state index in [1.54, 1.807) is 0 Å². The number of phosphoric acid groups is 2. The standard InChI is InChI=1S/C77H126O16P2/c1-4-7-10-13-16-19-22-25-28-31-33-34-35-36-38-41-42-45-48-51-54-57-60-63-75(80)87-66-72(78)67-89-94(83,84)90-68-73(79)69-91-95(85,86)92-71-74(93-77(82)65-62-59-56-53-50-47-44-39-30-27-24-21-18-15-12-9-6-3)70-88-76(81)64-61-58-55-52-49-46-43-40-37-32-29-26-23-20-17-14-11-8-5-2/h7-12,16-21,25-30,33-34,36-38,40,44,47,72-74,78-79H,4-6,13-15,22-24,31-32,35,39,41-43,45-46,48-71H2,1-3H3,(H,83,84)(H,85,86)/b10-7-,11-8-,12-9-,19-16-,20-17-,21-18-,28-25-,29-26-,30-27-,34-33-,38-36-,40-37-,47-44-. The minimum atomic E-state index is -4.95. The van der Waals surface area contributed by atoms with Crippen LogP contribution in [0.2, 0.25) is 0 Å². The normalized spacial score (nSPS) is 15.1. The summed E-state index contributed by atoms with van der Waals surface area (Å²) < 4.78 is 61.0. The Hall–Kier alpha value is -4.83. The van der Waals surface area contributed by atoms with Gasteiger partial charge in [-0.05, 0) is 141 Å². The lowest BCUT2D eigenvalue weighted by Crippen LogP contribution is -2.30. The number of unbranched alkanes of at least 4 members (excludes halogenated alkanes) is 17. The molecule has 540 valence electrons. The third kappa shape index (κ3) is 70.3. The average molecular weight is 1370 g/mol. The van der Waals surface area contributed by atoms with E-state index in [1.807, 2.05) is 0 Å². The Bertz CT molecular complexity index is 2360. The highest BCUT2D eigenvalue weighted by molar-refractivity contribution is 7.47. The molecular formula is C77H126O16P2. The second-order valence-corrected chi connectivity index (χ2v) is 26.1. The molecule has 0 aliphatic heterocycles. The van der Waals surface area contributed by atoms with E-state index in [1.165, 1.54) is 0 Å². The molecule has 5 atom stereocenters. The Labute approximate surface area is 574 Å². The van der Waals surface area contributed by atoms with Crippen molar-refractivity contribution < 1.29 is 75.8 Å². The summed E-state index contributed by atoms with van der Waals surface area (Å²) in [5.41, 5.74) is 0. The van der Waals surface area contributed by atoms with Crippen LogP contribution in [0, 0.1) is 0 Å². The molecule has 0 aromatic rings. The van der Waals surface area contributed by atoms with Crippen molar-refractivity contribution in [3.8, 4) is 0 Å². The molecule has 5 unspecified atom stereocenters. The van der Waals surface area contributed by atoms with Crippen LogP contribution in [0.25, 0.3) is 0 Å². The van der Waals surface area contributed by atoms with E-state index in [9.17, 15) is 43.5 Å². The van der Waals surface area contributed by atoms with Gasteiger partial charge in [0.05, 0.1) is 26.4 Å². The van der Waals surface area contributed by atoms with Gasteiger partial charge in [0.15, 0.2) is 6.10 Å². The summed E-state index contributed by atoms with van der Waals surface area (Å²) in [7, 11) is -9.81. The molecule has 0 aromatic carbocycles. The van der Waals surface area contributed by atoms with Crippen molar-refractivity contribution in [1.29, 1.82) is 0 Å². The lowest BCUT2D eigenvalue weighted by Gasteiger charge is -2.21. The quantitative estimate of drug-likeness (QED) is 0.0146. The van der Waals surface area contributed by atoms with Crippen LogP contribution < -0.4 is 0 Å². The van der Waals surface area contributed by atoms with Gasteiger partial charge >= 0.3 is 33.6 Å². The fourth-order valence-corrected chi connectivity index (χ4v) is 10.5. The van der Waals surface area contributed by atoms with E-state index >= 15 is 0 Å². The number of allylic oxidation sites excluding steroid dienone is 26. The zero-order valence-electron chi connectivity index (χ0n) is 58.5. The molecule has 0 bridgehead atoms. The summed E-state index contributed by atoms with van der Waals surface area (Å²) >= 11 is 0. The first-order valence-corrected chi connectivity index (χ1v) is 38.8. The third-order valence-electron chi connectivity index (χ3n) is 14.2. The minimum absolute atomic E-state index is 0.0672. The van der Waals surface area contributed by atoms with Crippen molar-refractivity contribution >= 4 is 33.6 Å². The van der Waals surface area contributed by atoms with E-state index in [0.717, 1.165) is 193 Å². The van der Waals surface area contributed by atoms with E-state index in [4.69, 9.17) is 32.3 Å². The molecule has 95 heavy (non-hydrogen) atoms. The van der Waals surface area contributed by atoms with Gasteiger partial charge in [-0.25, -0.2) is 9.13 Å². The fourth-order valence-electron chi connectivity index (χ4n) is 8.87. The predicted octanol–water partition coefficient (Wildman–Crippen LogP) is 20.3. The molecule has 0 spiro atoms. The molecule has 0 saturated carbocycles. The second-order valence-electron chi connectivity index (χ2n) is 23.2. The van der Waals surface area contributed by atoms with E-state index in [-0.39, 0.29) is 19.3 Å². The topological polar surface area (TPSA) is 231 Å². The molecule has 18 heteroatoms. The number of aliphatic hydroxyl groups is 2. The van der Waals surface area contributed by atoms with Gasteiger partial charge in [-0.3, -0.25) is 32.5 Å². The Kier molecular flexibility index (Phi) is 65.6. The van der Waals surface area contributed by atoms with Gasteiger partial charge in [-0.15, -0.1) is 0 Å². The van der Waals surface area contributed by atoms with Crippen LogP contribution in [0.4, 0.5) is 0 Å². The molecule has 0 heterocycles. The van der Waals surface area contributed by atoms with Crippen LogP contribution in [-0.4, -0.2) is 95.9 Å². The van der Waals surface area contributed by atoms with Crippen molar-refractivity contribution in [1.82, 2.24) is 0 Å². The average Bonchev–Trinajstić information content (AvgIpc) is 2.05. The largest absolute Gasteiger partial charge is 0.472 e. The molecule has 0 amide bonds. The lowest BCUT2D eigenvalue weighted by atomic mass is 10.1. The Morgan fingerprint density at radius 1 is 0.295 bits per heavy atom. The van der Waals surface area contributed by atoms with Gasteiger partial charge < -0.3 is 34.2 Å². The first-order valence-electron chi connectivity index (χ1n) is 35.8. The van der Waals surface area contributed by atoms with Crippen molar-refractivity contribution in [2.24, 2.45) is 0 Å². The second kappa shape index (κ2) is 69.1. The maximum atomic E-state index is 12.9. The summed E-state index contributed by atoms with van der Waals surface area (Å²) in [6.45, 7) is 2.25. The van der Waals surface area contributed by atoms with Gasteiger partial charge in [-0.1, -0.05) is 249 Å². The molecular weight excluding hydrogens is 1240 g/mol. The molecule has 0 fully saturated rings. The molecule has 0 aliphatic rings. The first kappa shape index (κ1) is 90.2. The van der Waals surface area contributed by atoms with Crippen molar-refractivity contribution in [3.63, 3.8) is 0 Å². The lowest BCUT2D eigenvalue weighted by molar-refractivity contribution is -0.161. The SMILES string of the molecule is CC/C=C\C/C=C\C/C=C\C/C=C\C/C=C\CCCCCCCCCC(=O)OCC(O)COP(=O)(O)OCC(O)COP(=O)(O)OCC(COC(=O)CCCCCCCC/C=C\C/C=C\C/C=C\C/C=C\CC)OC(=O)CCCCCC/C=C\C/C=C\C/C=C\C/C=C\CC. The van der Waals surface area contributed by atoms with Gasteiger partial charge in [0.1, 0.15) is 25.4 Å². The van der Waals surface area contributed by atoms with Gasteiger partial charge in [-0.2, -0.15) is 0 Å². The maximum absolute atomic E-state index is 12.9. The van der Waals surface area contributed by atoms with Crippen molar-refractivity contribution in [2.45, 2.75) is 270 Å². The Balaban J connectivity index is 4.71. The van der Waals surface area contributed by atoms with Crippen LogP contribution >= 0.6 is 15.6 Å². The molecule has 0 radical (unpaired) electrons. The summed E-state index contributed by atoms with van der Waals surface area (Å²) in [5, 5.41) is 20.6. The molecule has 0 rings (SSSR count). The third-order valence-corrected chi connectivity index (χ3v) is 16.1. The molecule has 4 N–H and O–H groups in total. The molecule has 0 saturated heterocycles. The molecule has 0 aromatic heterocycles. The van der Waals surface area contributed by atoms with E-state index in [2.05, 4.69) is 179 Å². The van der Waals surface area contributed by atoms with E-state index < -0.39 is 91.5 Å². The number of esters is 3. The zero-order valence-corrected chi connectivity index (χ0v) is 60.3. The highest BCUT2D eigenvalue weighted by Gasteiger charge is 2.29. The summed E-state index contributed by atoms with van der Waals surface area (Å²) in [4.78, 5) is 58.5. The number of carbonyl (C=O) groups excluding carboxylic acids is 3. The van der Waals surface area contributed by atoms with Gasteiger partial charge in [0, 0.05) is 19.3 Å². The van der Waals surface area contributed by atoms with Crippen LogP contribution in [-0.2, 0) is 55.8 Å². The van der Waals surface area contributed by atoms with Crippen LogP contribution in [0.15, 0.2) is 158 Å². The summed E-state index contributed by atoms with van der Waals surface area (Å²) in [5.74, 6) is -1.64. The Morgan fingerprint density at radius 2 is 0.526 bits per heavy atom. The Morgan fingerprint density at radius 3 is 0.832 bits per heavy atom. The maximum Gasteiger partial charge on any atom is 0.472 e. The number of hydrogen-bond donors (Lipinski definition) is 4.